The first-order valence-corrected chi connectivity index (χ1v) is 11.1. The number of methoxy groups -OCH3 is 1. The Hall–Kier alpha value is -2.39. The first-order valence-electron chi connectivity index (χ1n) is 8.79. The zero-order chi connectivity index (χ0) is 21.3. The van der Waals surface area contributed by atoms with Crippen molar-refractivity contribution in [2.75, 3.05) is 13.4 Å². The number of hydrogen-bond donors (Lipinski definition) is 1. The number of benzene rings is 1. The van der Waals surface area contributed by atoms with Crippen molar-refractivity contribution in [1.29, 1.82) is 0 Å². The Morgan fingerprint density at radius 2 is 2.00 bits per heavy atom. The standard InChI is InChI=1S/C19H20ClFN2O5S/c1-10-4-12(5-10)28-19-15(20)6-11(9-22-19)13-7-16(21)14(8-17(13)27-2)18(24)23-29(3,25)26/h6-10,12H,4-5H2,1-3H3,(H,23,24)/t10-,12-. The van der Waals surface area contributed by atoms with Gasteiger partial charge in [-0.05, 0) is 37.0 Å². The van der Waals surface area contributed by atoms with Gasteiger partial charge < -0.3 is 9.47 Å². The summed E-state index contributed by atoms with van der Waals surface area (Å²) < 4.78 is 49.7. The molecule has 0 radical (unpaired) electrons. The van der Waals surface area contributed by atoms with Gasteiger partial charge in [-0.3, -0.25) is 4.79 Å². The van der Waals surface area contributed by atoms with E-state index in [9.17, 15) is 17.6 Å². The van der Waals surface area contributed by atoms with Gasteiger partial charge in [0.1, 0.15) is 22.7 Å². The Kier molecular flexibility index (Phi) is 6.00. The number of halogens is 2. The van der Waals surface area contributed by atoms with Crippen molar-refractivity contribution in [2.45, 2.75) is 25.9 Å². The fourth-order valence-electron chi connectivity index (χ4n) is 3.09. The molecule has 1 saturated carbocycles. The number of sulfonamides is 1. The van der Waals surface area contributed by atoms with Gasteiger partial charge in [-0.25, -0.2) is 22.5 Å². The Balaban J connectivity index is 1.91. The van der Waals surface area contributed by atoms with Gasteiger partial charge in [-0.2, -0.15) is 0 Å². The van der Waals surface area contributed by atoms with Gasteiger partial charge in [0, 0.05) is 17.3 Å². The lowest BCUT2D eigenvalue weighted by molar-refractivity contribution is 0.0697. The van der Waals surface area contributed by atoms with Crippen LogP contribution in [-0.2, 0) is 10.0 Å². The van der Waals surface area contributed by atoms with Gasteiger partial charge in [-0.15, -0.1) is 0 Å². The van der Waals surface area contributed by atoms with Crippen LogP contribution in [0.1, 0.15) is 30.1 Å². The van der Waals surface area contributed by atoms with E-state index >= 15 is 0 Å². The fraction of sp³-hybridized carbons (Fsp3) is 0.368. The van der Waals surface area contributed by atoms with Crippen molar-refractivity contribution >= 4 is 27.5 Å². The van der Waals surface area contributed by atoms with Gasteiger partial charge >= 0.3 is 0 Å². The molecule has 1 aliphatic rings. The molecule has 0 saturated heterocycles. The molecule has 1 aliphatic carbocycles. The lowest BCUT2D eigenvalue weighted by Crippen LogP contribution is -2.32. The summed E-state index contributed by atoms with van der Waals surface area (Å²) in [6.45, 7) is 2.14. The second-order valence-electron chi connectivity index (χ2n) is 7.06. The van der Waals surface area contributed by atoms with Crippen LogP contribution in [0.5, 0.6) is 11.6 Å². The molecule has 1 fully saturated rings. The van der Waals surface area contributed by atoms with Crippen molar-refractivity contribution in [3.8, 4) is 22.8 Å². The maximum Gasteiger partial charge on any atom is 0.267 e. The number of amides is 1. The topological polar surface area (TPSA) is 94.6 Å². The molecule has 1 N–H and O–H groups in total. The SMILES string of the molecule is COc1cc(C(=O)NS(C)(=O)=O)c(F)cc1-c1cnc(O[C@H]2C[C@H](C)C2)c(Cl)c1. The number of ether oxygens (including phenoxy) is 2. The molecule has 1 heterocycles. The van der Waals surface area contributed by atoms with Gasteiger partial charge in [0.05, 0.1) is 18.9 Å². The Bertz CT molecular complexity index is 1050. The molecule has 7 nitrogen and oxygen atoms in total. The predicted molar refractivity (Wildman–Crippen MR) is 106 cm³/mol. The van der Waals surface area contributed by atoms with E-state index in [1.807, 2.05) is 0 Å². The van der Waals surface area contributed by atoms with Crippen LogP contribution < -0.4 is 14.2 Å². The van der Waals surface area contributed by atoms with Gasteiger partial charge in [-0.1, -0.05) is 18.5 Å². The lowest BCUT2D eigenvalue weighted by Gasteiger charge is -2.32. The van der Waals surface area contributed by atoms with E-state index in [1.165, 1.54) is 13.3 Å². The molecule has 0 unspecified atom stereocenters. The molecule has 0 spiro atoms. The second-order valence-corrected chi connectivity index (χ2v) is 9.22. The number of nitrogens with zero attached hydrogens (tertiary/aromatic N) is 1. The molecule has 29 heavy (non-hydrogen) atoms. The summed E-state index contributed by atoms with van der Waals surface area (Å²) >= 11 is 6.28. The molecule has 1 aromatic carbocycles. The number of rotatable bonds is 6. The quantitative estimate of drug-likeness (QED) is 0.736. The highest BCUT2D eigenvalue weighted by molar-refractivity contribution is 7.89. The summed E-state index contributed by atoms with van der Waals surface area (Å²) in [5.41, 5.74) is 0.295. The van der Waals surface area contributed by atoms with E-state index in [-0.39, 0.29) is 16.9 Å². The minimum absolute atomic E-state index is 0.0838. The van der Waals surface area contributed by atoms with Crippen molar-refractivity contribution in [3.05, 3.63) is 40.8 Å². The van der Waals surface area contributed by atoms with Crippen LogP contribution in [0.2, 0.25) is 5.02 Å². The number of nitrogens with one attached hydrogen (secondary N) is 1. The average molecular weight is 443 g/mol. The summed E-state index contributed by atoms with van der Waals surface area (Å²) in [6, 6.07) is 3.76. The smallest absolute Gasteiger partial charge is 0.267 e. The number of aromatic nitrogens is 1. The van der Waals surface area contributed by atoms with Gasteiger partial charge in [0.15, 0.2) is 0 Å². The maximum absolute atomic E-state index is 14.5. The van der Waals surface area contributed by atoms with Crippen LogP contribution in [0, 0.1) is 11.7 Å². The summed E-state index contributed by atoms with van der Waals surface area (Å²) in [7, 11) is -2.49. The Morgan fingerprint density at radius 1 is 1.31 bits per heavy atom. The summed E-state index contributed by atoms with van der Waals surface area (Å²) in [6.07, 6.45) is 4.23. The van der Waals surface area contributed by atoms with E-state index in [4.69, 9.17) is 21.1 Å². The minimum Gasteiger partial charge on any atom is -0.496 e. The molecular weight excluding hydrogens is 423 g/mol. The number of carbonyl (C=O) groups is 1. The average Bonchev–Trinajstić information content (AvgIpc) is 2.60. The molecule has 1 amide bonds. The highest BCUT2D eigenvalue weighted by Gasteiger charge is 2.28. The third-order valence-corrected chi connectivity index (χ3v) is 5.37. The lowest BCUT2D eigenvalue weighted by atomic mass is 9.84. The zero-order valence-electron chi connectivity index (χ0n) is 16.0. The van der Waals surface area contributed by atoms with Crippen molar-refractivity contribution in [3.63, 3.8) is 0 Å². The van der Waals surface area contributed by atoms with E-state index < -0.39 is 27.3 Å². The molecule has 10 heteroatoms. The highest BCUT2D eigenvalue weighted by Crippen LogP contribution is 2.37. The van der Waals surface area contributed by atoms with Gasteiger partial charge in [0.2, 0.25) is 15.9 Å². The third-order valence-electron chi connectivity index (χ3n) is 4.54. The first kappa shape index (κ1) is 21.3. The third kappa shape index (κ3) is 4.97. The number of carbonyl (C=O) groups excluding carboxylic acids is 1. The van der Waals surface area contributed by atoms with Crippen molar-refractivity contribution in [1.82, 2.24) is 9.71 Å². The van der Waals surface area contributed by atoms with E-state index in [0.29, 0.717) is 22.9 Å². The Morgan fingerprint density at radius 3 is 2.55 bits per heavy atom. The molecule has 0 aliphatic heterocycles. The molecule has 0 bridgehead atoms. The molecule has 0 atom stereocenters. The first-order chi connectivity index (χ1) is 13.6. The largest absolute Gasteiger partial charge is 0.496 e. The van der Waals surface area contributed by atoms with Gasteiger partial charge in [0.25, 0.3) is 5.91 Å². The van der Waals surface area contributed by atoms with Crippen LogP contribution in [-0.4, -0.2) is 38.8 Å². The fourth-order valence-corrected chi connectivity index (χ4v) is 3.74. The molecule has 2 aromatic rings. The van der Waals surface area contributed by atoms with Crippen LogP contribution >= 0.6 is 11.6 Å². The van der Waals surface area contributed by atoms with Crippen LogP contribution in [0.15, 0.2) is 24.4 Å². The van der Waals surface area contributed by atoms with Crippen LogP contribution in [0.25, 0.3) is 11.1 Å². The van der Waals surface area contributed by atoms with Crippen LogP contribution in [0.4, 0.5) is 4.39 Å². The minimum atomic E-state index is -3.84. The predicted octanol–water partition coefficient (Wildman–Crippen LogP) is 3.42. The highest BCUT2D eigenvalue weighted by atomic mass is 35.5. The van der Waals surface area contributed by atoms with Crippen molar-refractivity contribution < 1.29 is 27.1 Å². The van der Waals surface area contributed by atoms with E-state index in [0.717, 1.165) is 31.2 Å². The van der Waals surface area contributed by atoms with Crippen molar-refractivity contribution in [2.24, 2.45) is 5.92 Å². The monoisotopic (exact) mass is 442 g/mol. The Labute approximate surface area is 173 Å². The summed E-state index contributed by atoms with van der Waals surface area (Å²) in [5, 5.41) is 0.267. The number of hydrogen-bond acceptors (Lipinski definition) is 6. The second kappa shape index (κ2) is 8.16. The zero-order valence-corrected chi connectivity index (χ0v) is 17.6. The maximum atomic E-state index is 14.5. The molecule has 156 valence electrons. The summed E-state index contributed by atoms with van der Waals surface area (Å²) in [4.78, 5) is 16.2. The number of pyridine rings is 1. The molecule has 1 aromatic heterocycles. The van der Waals surface area contributed by atoms with Crippen LogP contribution in [0.3, 0.4) is 0 Å². The molecular formula is C19H20ClFN2O5S. The normalized spacial score (nSPS) is 18.7. The molecule has 3 rings (SSSR count). The van der Waals surface area contributed by atoms with E-state index in [1.54, 1.807) is 10.8 Å². The van der Waals surface area contributed by atoms with E-state index in [2.05, 4.69) is 11.9 Å². The summed E-state index contributed by atoms with van der Waals surface area (Å²) in [5.74, 6) is -0.935.